The first kappa shape index (κ1) is 58.1. The molecule has 9 N–H and O–H groups in total. The molecule has 2 aliphatic heterocycles. The zero-order valence-electron chi connectivity index (χ0n) is 39.8. The number of carboxylic acids is 1. The number of fused-ring (bicyclic) bond motifs is 2. The van der Waals surface area contributed by atoms with Crippen LogP contribution >= 0.6 is 0 Å². The number of carboxylic acid groups (broad SMARTS) is 1. The molecule has 1 saturated heterocycles. The van der Waals surface area contributed by atoms with E-state index in [1.54, 1.807) is 91.1 Å². The van der Waals surface area contributed by atoms with Crippen LogP contribution in [0.5, 0.6) is 0 Å². The van der Waals surface area contributed by atoms with Gasteiger partial charge in [-0.25, -0.2) is 0 Å². The first-order chi connectivity index (χ1) is 32.7. The summed E-state index contributed by atoms with van der Waals surface area (Å²) in [6.07, 6.45) is 11.0. The van der Waals surface area contributed by atoms with Crippen LogP contribution in [0.1, 0.15) is 108 Å². The highest BCUT2D eigenvalue weighted by Crippen LogP contribution is 2.37. The number of cyclic esters (lactones) is 1. The minimum Gasteiger partial charge on any atom is -0.550 e. The highest BCUT2D eigenvalue weighted by atomic mass is 16.6. The normalized spacial score (nSPS) is 33.8. The van der Waals surface area contributed by atoms with E-state index < -0.39 is 103 Å². The maximum Gasteiger partial charge on any atom is 0.313 e. The largest absolute Gasteiger partial charge is 0.550 e. The van der Waals surface area contributed by atoms with Crippen molar-refractivity contribution in [1.82, 2.24) is 0 Å². The van der Waals surface area contributed by atoms with Crippen LogP contribution in [0.15, 0.2) is 109 Å². The molecule has 0 amide bonds. The van der Waals surface area contributed by atoms with Gasteiger partial charge in [0, 0.05) is 68.1 Å². The summed E-state index contributed by atoms with van der Waals surface area (Å²) in [7, 11) is 0. The Labute approximate surface area is 404 Å². The number of ketones is 3. The quantitative estimate of drug-likeness (QED) is 0.0799. The number of carbonyl (C=O) groups excluding carboxylic acids is 5. The fourth-order valence-electron chi connectivity index (χ4n) is 8.59. The Morgan fingerprint density at radius 1 is 0.768 bits per heavy atom. The van der Waals surface area contributed by atoms with Crippen LogP contribution in [0, 0.1) is 23.7 Å². The monoisotopic (exact) mass is 962 g/mol. The predicted molar refractivity (Wildman–Crippen MR) is 256 cm³/mol. The Bertz CT molecular complexity index is 2020. The number of Topliss-reactive ketones (excluding diaryl/α,β-unsaturated/α-hetero) is 3. The van der Waals surface area contributed by atoms with Gasteiger partial charge in [0.1, 0.15) is 24.1 Å². The molecule has 69 heavy (non-hydrogen) atoms. The number of hydrogen-bond acceptors (Lipinski definition) is 16. The van der Waals surface area contributed by atoms with E-state index in [-0.39, 0.29) is 74.9 Å². The fourth-order valence-corrected chi connectivity index (χ4v) is 8.59. The number of aliphatic carboxylic acids is 1. The molecule has 0 saturated carbocycles. The van der Waals surface area contributed by atoms with Gasteiger partial charge in [-0.1, -0.05) is 106 Å². The van der Waals surface area contributed by atoms with Gasteiger partial charge in [-0.2, -0.15) is 0 Å². The third-order valence-corrected chi connectivity index (χ3v) is 12.2. The van der Waals surface area contributed by atoms with E-state index in [1.165, 1.54) is 12.2 Å². The van der Waals surface area contributed by atoms with Crippen molar-refractivity contribution in [2.75, 3.05) is 5.73 Å². The predicted octanol–water partition coefficient (Wildman–Crippen LogP) is 3.62. The molecule has 1 aromatic rings. The van der Waals surface area contributed by atoms with Gasteiger partial charge in [0.05, 0.1) is 48.6 Å². The van der Waals surface area contributed by atoms with Crippen LogP contribution in [0.25, 0.3) is 0 Å². The molecular formula is C53H72NO15-. The van der Waals surface area contributed by atoms with Crippen LogP contribution in [0.3, 0.4) is 0 Å². The number of ether oxygens (including phenoxy) is 2. The summed E-state index contributed by atoms with van der Waals surface area (Å²) in [6, 6.07) is 6.45. The average Bonchev–Trinajstić information content (AvgIpc) is 3.24. The molecule has 0 radical (unpaired) electrons. The molecule has 380 valence electrons. The Morgan fingerprint density at radius 3 is 1.91 bits per heavy atom. The van der Waals surface area contributed by atoms with Crippen LogP contribution in [0.2, 0.25) is 0 Å². The van der Waals surface area contributed by atoms with Crippen molar-refractivity contribution in [3.05, 3.63) is 115 Å². The Kier molecular flexibility index (Phi) is 25.1. The van der Waals surface area contributed by atoms with E-state index in [0.29, 0.717) is 17.7 Å². The first-order valence-electron chi connectivity index (χ1n) is 23.7. The van der Waals surface area contributed by atoms with Gasteiger partial charge < -0.3 is 60.9 Å². The van der Waals surface area contributed by atoms with E-state index in [0.717, 1.165) is 0 Å². The molecule has 16 heteroatoms. The van der Waals surface area contributed by atoms with Crippen LogP contribution in [0.4, 0.5) is 5.69 Å². The second-order valence-electron chi connectivity index (χ2n) is 18.5. The van der Waals surface area contributed by atoms with Crippen LogP contribution < -0.4 is 10.8 Å². The second kappa shape index (κ2) is 29.8. The molecule has 0 spiro atoms. The number of hydrogen-bond donors (Lipinski definition) is 8. The first-order valence-corrected chi connectivity index (χ1v) is 23.7. The van der Waals surface area contributed by atoms with E-state index in [4.69, 9.17) is 15.2 Å². The zero-order valence-corrected chi connectivity index (χ0v) is 39.8. The van der Waals surface area contributed by atoms with Crippen molar-refractivity contribution >= 4 is 35.0 Å². The van der Waals surface area contributed by atoms with Gasteiger partial charge in [0.25, 0.3) is 0 Å². The summed E-state index contributed by atoms with van der Waals surface area (Å²) < 4.78 is 11.6. The maximum atomic E-state index is 13.2. The van der Waals surface area contributed by atoms with Crippen LogP contribution in [-0.4, -0.2) is 120 Å². The fraction of sp³-hybridized carbons (Fsp3) is 0.528. The zero-order chi connectivity index (χ0) is 51.1. The van der Waals surface area contributed by atoms with E-state index in [2.05, 4.69) is 0 Å². The summed E-state index contributed by atoms with van der Waals surface area (Å²) >= 11 is 0. The number of allylic oxidation sites excluding steroid dienone is 12. The van der Waals surface area contributed by atoms with Crippen molar-refractivity contribution in [3.8, 4) is 0 Å². The molecule has 0 aromatic heterocycles. The number of anilines is 1. The Morgan fingerprint density at radius 2 is 1.32 bits per heavy atom. The summed E-state index contributed by atoms with van der Waals surface area (Å²) in [4.78, 5) is 63.6. The lowest BCUT2D eigenvalue weighted by Crippen LogP contribution is -2.58. The number of esters is 1. The SMILES string of the molecule is CC1/C=C/C=C/C=C/C=C/C=C/C=C/C=C/C(O)CC2OC(O)(CC(O)CC(O)CC(O)CC(=O)CCCC(=O)CC(=O)OC1C(C)CC(C)C(O)CC(=O)c1ccc(N)cc1)CC(O)C2C(=O)[O-]. The Hall–Kier alpha value is -5.17. The molecule has 1 fully saturated rings. The average molecular weight is 963 g/mol. The lowest BCUT2D eigenvalue weighted by atomic mass is 9.83. The molecule has 1 aromatic carbocycles. The lowest BCUT2D eigenvalue weighted by Gasteiger charge is -2.46. The minimum atomic E-state index is -2.25. The molecule has 13 atom stereocenters. The topological polar surface area (TPSA) is 294 Å². The smallest absolute Gasteiger partial charge is 0.313 e. The summed E-state index contributed by atoms with van der Waals surface area (Å²) in [6.45, 7) is 5.56. The van der Waals surface area contributed by atoms with Crippen molar-refractivity contribution in [1.29, 1.82) is 0 Å². The molecule has 3 rings (SSSR count). The number of nitrogen functional groups attached to an aromatic ring is 1. The van der Waals surface area contributed by atoms with Gasteiger partial charge in [-0.15, -0.1) is 0 Å². The number of aliphatic hydroxyl groups is 7. The number of carbonyl (C=O) groups is 5. The molecule has 2 heterocycles. The van der Waals surface area contributed by atoms with Gasteiger partial charge >= 0.3 is 5.97 Å². The van der Waals surface area contributed by atoms with Crippen molar-refractivity contribution < 1.29 is 74.3 Å². The van der Waals surface area contributed by atoms with Gasteiger partial charge in [0.15, 0.2) is 11.6 Å². The van der Waals surface area contributed by atoms with Gasteiger partial charge in [-0.05, 0) is 61.8 Å². The summed E-state index contributed by atoms with van der Waals surface area (Å²) in [5, 5.41) is 87.4. The number of aliphatic hydroxyl groups excluding tert-OH is 6. The van der Waals surface area contributed by atoms with Crippen molar-refractivity contribution in [2.24, 2.45) is 23.7 Å². The van der Waals surface area contributed by atoms with E-state index in [9.17, 15) is 64.8 Å². The van der Waals surface area contributed by atoms with Gasteiger partial charge in [0.2, 0.25) is 0 Å². The molecular weight excluding hydrogens is 891 g/mol. The van der Waals surface area contributed by atoms with Crippen LogP contribution in [-0.2, 0) is 28.7 Å². The second-order valence-corrected chi connectivity index (χ2v) is 18.5. The van der Waals surface area contributed by atoms with Crippen molar-refractivity contribution in [3.63, 3.8) is 0 Å². The highest BCUT2D eigenvalue weighted by Gasteiger charge is 2.47. The van der Waals surface area contributed by atoms with Gasteiger partial charge in [-0.3, -0.25) is 19.2 Å². The lowest BCUT2D eigenvalue weighted by molar-refractivity contribution is -0.342. The number of rotatable bonds is 8. The minimum absolute atomic E-state index is 0.0876. The maximum absolute atomic E-state index is 13.2. The molecule has 2 aliphatic rings. The third-order valence-electron chi connectivity index (χ3n) is 12.2. The summed E-state index contributed by atoms with van der Waals surface area (Å²) in [5.41, 5.74) is 6.69. The Balaban J connectivity index is 1.74. The number of nitrogens with two attached hydrogens (primary N) is 1. The number of benzene rings is 1. The molecule has 16 nitrogen and oxygen atoms in total. The molecule has 2 bridgehead atoms. The molecule has 13 unspecified atom stereocenters. The van der Waals surface area contributed by atoms with E-state index >= 15 is 0 Å². The highest BCUT2D eigenvalue weighted by molar-refractivity contribution is 5.97. The molecule has 0 aliphatic carbocycles. The third kappa shape index (κ3) is 22.0. The standard InChI is InChI=1S/C53H73NO15/c1-34-17-14-12-10-8-6-4-5-7-9-11-13-15-18-40(56)29-48-50(52(65)66)47(63)33-53(67,69-48)32-44(60)28-43(59)27-42(58)26-39(55)19-16-20-41(57)30-49(64)68-51(34)36(3)25-35(2)45(61)31-46(62)37-21-23-38(54)24-22-37/h4-15,17-18,21-24,34-36,40,42-45,47-48,50-51,56,58-61,63,67H,16,19-20,25-33,54H2,1-3H3,(H,65,66)/p-1/b5-4+,8-6+,9-7+,12-10+,13-11+,17-14+,18-15+. The summed E-state index contributed by atoms with van der Waals surface area (Å²) in [5.74, 6) is -8.36. The van der Waals surface area contributed by atoms with Crippen molar-refractivity contribution in [2.45, 2.75) is 152 Å². The van der Waals surface area contributed by atoms with E-state index in [1.807, 2.05) is 26.8 Å².